The Morgan fingerprint density at radius 2 is 1.80 bits per heavy atom. The van der Waals surface area contributed by atoms with E-state index in [4.69, 9.17) is 12.3 Å². The van der Waals surface area contributed by atoms with Gasteiger partial charge in [0.1, 0.15) is 5.82 Å². The first-order chi connectivity index (χ1) is 9.67. The second-order valence-electron chi connectivity index (χ2n) is 4.50. The number of para-hydroxylation sites is 1. The van der Waals surface area contributed by atoms with Crippen LogP contribution < -0.4 is 5.73 Å². The summed E-state index contributed by atoms with van der Waals surface area (Å²) < 4.78 is 13.0. The van der Waals surface area contributed by atoms with Crippen molar-refractivity contribution in [3.63, 3.8) is 0 Å². The molecule has 0 radical (unpaired) electrons. The Hall–Kier alpha value is -2.22. The molecule has 0 bridgehead atoms. The number of rotatable bonds is 4. The largest absolute Gasteiger partial charge is 0.391 e. The van der Waals surface area contributed by atoms with Crippen LogP contribution in [0.1, 0.15) is 17.0 Å². The zero-order chi connectivity index (χ0) is 14.5. The Morgan fingerprint density at radius 3 is 2.40 bits per heavy atom. The van der Waals surface area contributed by atoms with Gasteiger partial charge in [0.2, 0.25) is 0 Å². The van der Waals surface area contributed by atoms with Crippen molar-refractivity contribution in [1.29, 1.82) is 0 Å². The highest BCUT2D eigenvalue weighted by molar-refractivity contribution is 5.56. The van der Waals surface area contributed by atoms with Crippen molar-refractivity contribution in [2.45, 2.75) is 12.0 Å². The highest BCUT2D eigenvalue weighted by Gasteiger charge is 2.24. The molecule has 0 spiro atoms. The van der Waals surface area contributed by atoms with Crippen LogP contribution in [0.5, 0.6) is 0 Å². The van der Waals surface area contributed by atoms with Crippen LogP contribution in [0.4, 0.5) is 10.1 Å². The van der Waals surface area contributed by atoms with E-state index in [1.165, 1.54) is 12.1 Å². The molecule has 0 heterocycles. The molecular weight excluding hydrogens is 255 g/mol. The van der Waals surface area contributed by atoms with Crippen molar-refractivity contribution in [3.05, 3.63) is 76.9 Å². The third kappa shape index (κ3) is 2.85. The summed E-state index contributed by atoms with van der Waals surface area (Å²) in [7, 11) is 0. The highest BCUT2D eigenvalue weighted by atomic mass is 19.1. The van der Waals surface area contributed by atoms with Crippen LogP contribution in [-0.4, -0.2) is 17.8 Å². The summed E-state index contributed by atoms with van der Waals surface area (Å²) >= 11 is 0. The maximum absolute atomic E-state index is 13.0. The Morgan fingerprint density at radius 1 is 1.15 bits per heavy atom. The zero-order valence-electron chi connectivity index (χ0n) is 10.8. The van der Waals surface area contributed by atoms with Gasteiger partial charge in [-0.25, -0.2) is 9.24 Å². The monoisotopic (exact) mass is 270 g/mol. The second kappa shape index (κ2) is 6.29. The first-order valence-corrected chi connectivity index (χ1v) is 6.27. The van der Waals surface area contributed by atoms with E-state index in [1.54, 1.807) is 30.3 Å². The average molecular weight is 270 g/mol. The van der Waals surface area contributed by atoms with Crippen LogP contribution in [0.25, 0.3) is 4.85 Å². The van der Waals surface area contributed by atoms with E-state index in [0.29, 0.717) is 11.3 Å². The van der Waals surface area contributed by atoms with Gasteiger partial charge in [0.25, 0.3) is 0 Å². The lowest BCUT2D eigenvalue weighted by Gasteiger charge is -2.24. The van der Waals surface area contributed by atoms with E-state index in [1.807, 2.05) is 6.07 Å². The summed E-state index contributed by atoms with van der Waals surface area (Å²) in [5.41, 5.74) is 7.47. The van der Waals surface area contributed by atoms with Gasteiger partial charge < -0.3 is 10.8 Å². The van der Waals surface area contributed by atoms with Gasteiger partial charge in [0.15, 0.2) is 5.69 Å². The molecule has 4 heteroatoms. The van der Waals surface area contributed by atoms with Crippen LogP contribution in [0.2, 0.25) is 0 Å². The van der Waals surface area contributed by atoms with Crippen LogP contribution in [0, 0.1) is 12.4 Å². The zero-order valence-corrected chi connectivity index (χ0v) is 10.8. The molecule has 0 aliphatic heterocycles. The van der Waals surface area contributed by atoms with Crippen molar-refractivity contribution in [2.24, 2.45) is 5.73 Å². The second-order valence-corrected chi connectivity index (χ2v) is 4.50. The molecule has 0 aromatic heterocycles. The van der Waals surface area contributed by atoms with E-state index in [0.717, 1.165) is 5.56 Å². The molecule has 2 atom stereocenters. The van der Waals surface area contributed by atoms with E-state index < -0.39 is 12.0 Å². The molecule has 2 aromatic carbocycles. The fourth-order valence-corrected chi connectivity index (χ4v) is 2.27. The predicted octanol–water partition coefficient (Wildman–Crippen LogP) is 2.83. The van der Waals surface area contributed by atoms with Crippen molar-refractivity contribution in [3.8, 4) is 0 Å². The molecule has 0 aliphatic carbocycles. The molecule has 0 amide bonds. The fourth-order valence-electron chi connectivity index (χ4n) is 2.27. The van der Waals surface area contributed by atoms with E-state index in [9.17, 15) is 9.50 Å². The fraction of sp³-hybridized carbons (Fsp3) is 0.188. The van der Waals surface area contributed by atoms with E-state index >= 15 is 0 Å². The highest BCUT2D eigenvalue weighted by Crippen LogP contribution is 2.34. The van der Waals surface area contributed by atoms with Gasteiger partial charge in [0, 0.05) is 12.5 Å². The SMILES string of the molecule is [C-]#[N+]c1ccccc1[C@H](c1ccc(F)cc1)[C@@H](O)CN. The number of nitrogens with zero attached hydrogens (tertiary/aromatic N) is 1. The predicted molar refractivity (Wildman–Crippen MR) is 76.0 cm³/mol. The molecule has 2 aromatic rings. The number of hydrogen-bond acceptors (Lipinski definition) is 2. The van der Waals surface area contributed by atoms with Crippen molar-refractivity contribution in [2.75, 3.05) is 6.54 Å². The van der Waals surface area contributed by atoms with Gasteiger partial charge >= 0.3 is 0 Å². The smallest absolute Gasteiger partial charge is 0.191 e. The van der Waals surface area contributed by atoms with Gasteiger partial charge in [-0.1, -0.05) is 36.4 Å². The van der Waals surface area contributed by atoms with Gasteiger partial charge in [-0.3, -0.25) is 0 Å². The minimum Gasteiger partial charge on any atom is -0.391 e. The molecule has 3 nitrogen and oxygen atoms in total. The van der Waals surface area contributed by atoms with E-state index in [-0.39, 0.29) is 12.4 Å². The topological polar surface area (TPSA) is 50.6 Å². The first-order valence-electron chi connectivity index (χ1n) is 6.27. The molecule has 2 rings (SSSR count). The Kier molecular flexibility index (Phi) is 4.46. The quantitative estimate of drug-likeness (QED) is 0.839. The molecule has 0 saturated heterocycles. The number of hydrogen-bond donors (Lipinski definition) is 2. The first kappa shape index (κ1) is 14.2. The maximum Gasteiger partial charge on any atom is 0.191 e. The third-order valence-corrected chi connectivity index (χ3v) is 3.25. The molecule has 102 valence electrons. The third-order valence-electron chi connectivity index (χ3n) is 3.25. The minimum atomic E-state index is -0.830. The number of benzene rings is 2. The summed E-state index contributed by atoms with van der Waals surface area (Å²) in [5.74, 6) is -0.779. The standard InChI is InChI=1S/C16H15FN2O/c1-19-14-5-3-2-4-13(14)16(15(20)10-18)11-6-8-12(17)9-7-11/h2-9,15-16,20H,10,18H2/t15-,16-/m0/s1. The van der Waals surface area contributed by atoms with Crippen molar-refractivity contribution >= 4 is 5.69 Å². The lowest BCUT2D eigenvalue weighted by Crippen LogP contribution is -2.28. The normalized spacial score (nSPS) is 13.5. The molecule has 0 fully saturated rings. The molecule has 0 unspecified atom stereocenters. The summed E-state index contributed by atoms with van der Waals surface area (Å²) in [4.78, 5) is 3.48. The Labute approximate surface area is 117 Å². The van der Waals surface area contributed by atoms with Crippen molar-refractivity contribution in [1.82, 2.24) is 0 Å². The lowest BCUT2D eigenvalue weighted by molar-refractivity contribution is 0.165. The van der Waals surface area contributed by atoms with E-state index in [2.05, 4.69) is 4.85 Å². The van der Waals surface area contributed by atoms with Crippen LogP contribution in [-0.2, 0) is 0 Å². The molecule has 3 N–H and O–H groups in total. The minimum absolute atomic E-state index is 0.0639. The van der Waals surface area contributed by atoms with Gasteiger partial charge in [-0.15, -0.1) is 0 Å². The van der Waals surface area contributed by atoms with Crippen LogP contribution >= 0.6 is 0 Å². The summed E-state index contributed by atoms with van der Waals surface area (Å²) in [5, 5.41) is 10.2. The molecule has 0 aliphatic rings. The number of aliphatic hydroxyl groups excluding tert-OH is 1. The van der Waals surface area contributed by atoms with Crippen LogP contribution in [0.3, 0.4) is 0 Å². The molecule has 0 saturated carbocycles. The number of nitrogens with two attached hydrogens (primary N) is 1. The van der Waals surface area contributed by atoms with Gasteiger partial charge in [-0.2, -0.15) is 0 Å². The van der Waals surface area contributed by atoms with Crippen LogP contribution in [0.15, 0.2) is 48.5 Å². The molecule has 20 heavy (non-hydrogen) atoms. The summed E-state index contributed by atoms with van der Waals surface area (Å²) in [6, 6.07) is 13.0. The van der Waals surface area contributed by atoms with Gasteiger partial charge in [0.05, 0.1) is 12.7 Å². The average Bonchev–Trinajstić information content (AvgIpc) is 2.49. The lowest BCUT2D eigenvalue weighted by atomic mass is 9.85. The van der Waals surface area contributed by atoms with Crippen molar-refractivity contribution < 1.29 is 9.50 Å². The number of halogens is 1. The summed E-state index contributed by atoms with van der Waals surface area (Å²) in [6.07, 6.45) is -0.830. The Balaban J connectivity index is 2.53. The summed E-state index contributed by atoms with van der Waals surface area (Å²) in [6.45, 7) is 7.29. The number of aliphatic hydroxyl groups is 1. The Bertz CT molecular complexity index is 619. The molecular formula is C16H15FN2O. The van der Waals surface area contributed by atoms with Gasteiger partial charge in [-0.05, 0) is 23.3 Å². The maximum atomic E-state index is 13.0.